The third kappa shape index (κ3) is 5.02. The fraction of sp³-hybridized carbons (Fsp3) is 0.227. The van der Waals surface area contributed by atoms with Crippen molar-refractivity contribution in [3.63, 3.8) is 0 Å². The van der Waals surface area contributed by atoms with E-state index in [1.54, 1.807) is 38.1 Å². The Balaban J connectivity index is 1.84. The number of carbonyl (C=O) groups is 2. The molecule has 0 bridgehead atoms. The van der Waals surface area contributed by atoms with Gasteiger partial charge in [0, 0.05) is 0 Å². The number of cyclic esters (lactones) is 1. The molecule has 0 aromatic heterocycles. The smallest absolute Gasteiger partial charge is 0.363 e. The number of benzene rings is 2. The monoisotopic (exact) mass is 413 g/mol. The molecule has 30 heavy (non-hydrogen) atoms. The highest BCUT2D eigenvalue weighted by Crippen LogP contribution is 2.30. The van der Waals surface area contributed by atoms with E-state index in [0.717, 1.165) is 0 Å². The molecule has 0 fully saturated rings. The number of hydrogen-bond acceptors (Lipinski definition) is 7. The summed E-state index contributed by atoms with van der Waals surface area (Å²) in [6.07, 6.45) is 1.49. The first-order valence-electron chi connectivity index (χ1n) is 9.34. The van der Waals surface area contributed by atoms with Gasteiger partial charge in [-0.2, -0.15) is 0 Å². The quantitative estimate of drug-likeness (QED) is 0.487. The SMILES string of the molecule is CCOC(=O)COc1ccc(C=C2N=C(c3ccccc3F)OC2=O)cc1OCC. The number of carbonyl (C=O) groups excluding carboxylic acids is 2. The topological polar surface area (TPSA) is 83.4 Å². The highest BCUT2D eigenvalue weighted by atomic mass is 19.1. The van der Waals surface area contributed by atoms with Gasteiger partial charge >= 0.3 is 11.9 Å². The van der Waals surface area contributed by atoms with E-state index in [1.165, 1.54) is 24.3 Å². The van der Waals surface area contributed by atoms with Crippen LogP contribution in [0.5, 0.6) is 11.5 Å². The van der Waals surface area contributed by atoms with Crippen LogP contribution in [0.1, 0.15) is 25.0 Å². The van der Waals surface area contributed by atoms with Gasteiger partial charge in [0.1, 0.15) is 5.82 Å². The van der Waals surface area contributed by atoms with Crippen LogP contribution >= 0.6 is 0 Å². The van der Waals surface area contributed by atoms with Crippen molar-refractivity contribution < 1.29 is 32.9 Å². The summed E-state index contributed by atoms with van der Waals surface area (Å²) in [4.78, 5) is 27.8. The minimum atomic E-state index is -0.686. The number of ether oxygens (including phenoxy) is 4. The summed E-state index contributed by atoms with van der Waals surface area (Å²) in [6, 6.07) is 10.8. The third-order valence-corrected chi connectivity index (χ3v) is 3.95. The van der Waals surface area contributed by atoms with E-state index < -0.39 is 17.8 Å². The molecule has 0 radical (unpaired) electrons. The Morgan fingerprint density at radius 3 is 2.63 bits per heavy atom. The van der Waals surface area contributed by atoms with Crippen molar-refractivity contribution in [2.75, 3.05) is 19.8 Å². The zero-order valence-electron chi connectivity index (χ0n) is 16.5. The lowest BCUT2D eigenvalue weighted by Gasteiger charge is -2.12. The Morgan fingerprint density at radius 1 is 1.10 bits per heavy atom. The normalized spacial score (nSPS) is 14.3. The van der Waals surface area contributed by atoms with Crippen molar-refractivity contribution in [1.82, 2.24) is 0 Å². The van der Waals surface area contributed by atoms with Gasteiger partial charge in [-0.25, -0.2) is 19.0 Å². The molecule has 7 nitrogen and oxygen atoms in total. The Labute approximate surface area is 172 Å². The maximum absolute atomic E-state index is 13.9. The van der Waals surface area contributed by atoms with E-state index in [2.05, 4.69) is 4.99 Å². The van der Waals surface area contributed by atoms with Crippen LogP contribution in [0, 0.1) is 5.82 Å². The van der Waals surface area contributed by atoms with Gasteiger partial charge in [-0.3, -0.25) is 0 Å². The molecule has 0 saturated heterocycles. The summed E-state index contributed by atoms with van der Waals surface area (Å²) in [7, 11) is 0. The van der Waals surface area contributed by atoms with Crippen LogP contribution in [0.15, 0.2) is 53.2 Å². The van der Waals surface area contributed by atoms with Crippen molar-refractivity contribution in [1.29, 1.82) is 0 Å². The molecule has 1 aliphatic heterocycles. The molecule has 2 aromatic rings. The van der Waals surface area contributed by atoms with Gasteiger partial charge in [-0.1, -0.05) is 18.2 Å². The molecular weight excluding hydrogens is 393 g/mol. The van der Waals surface area contributed by atoms with Crippen molar-refractivity contribution in [2.24, 2.45) is 4.99 Å². The fourth-order valence-corrected chi connectivity index (χ4v) is 2.66. The molecule has 0 saturated carbocycles. The van der Waals surface area contributed by atoms with Crippen LogP contribution in [0.3, 0.4) is 0 Å². The standard InChI is InChI=1S/C22H20FNO6/c1-3-27-19-12-14(9-10-18(19)29-13-20(25)28-4-2)11-17-22(26)30-21(24-17)15-7-5-6-8-16(15)23/h5-12H,3-4,13H2,1-2H3. The average Bonchev–Trinajstić information content (AvgIpc) is 3.08. The predicted molar refractivity (Wildman–Crippen MR) is 107 cm³/mol. The van der Waals surface area contributed by atoms with Crippen LogP contribution in [-0.2, 0) is 19.1 Å². The number of halogens is 1. The lowest BCUT2D eigenvalue weighted by atomic mass is 10.1. The summed E-state index contributed by atoms with van der Waals surface area (Å²) < 4.78 is 34.9. The molecule has 0 spiro atoms. The van der Waals surface area contributed by atoms with Gasteiger partial charge in [0.15, 0.2) is 23.8 Å². The second-order valence-corrected chi connectivity index (χ2v) is 6.05. The minimum Gasteiger partial charge on any atom is -0.490 e. The first-order valence-corrected chi connectivity index (χ1v) is 9.34. The Bertz CT molecular complexity index is 1010. The molecule has 2 aromatic carbocycles. The fourth-order valence-electron chi connectivity index (χ4n) is 2.66. The zero-order valence-corrected chi connectivity index (χ0v) is 16.5. The molecule has 1 aliphatic rings. The second-order valence-electron chi connectivity index (χ2n) is 6.05. The van der Waals surface area contributed by atoms with Crippen LogP contribution in [0.4, 0.5) is 4.39 Å². The molecule has 0 aliphatic carbocycles. The van der Waals surface area contributed by atoms with E-state index in [-0.39, 0.29) is 30.4 Å². The highest BCUT2D eigenvalue weighted by Gasteiger charge is 2.26. The van der Waals surface area contributed by atoms with E-state index in [9.17, 15) is 14.0 Å². The summed E-state index contributed by atoms with van der Waals surface area (Å²) in [5.74, 6) is -1.06. The van der Waals surface area contributed by atoms with Crippen LogP contribution < -0.4 is 9.47 Å². The van der Waals surface area contributed by atoms with E-state index >= 15 is 0 Å². The van der Waals surface area contributed by atoms with Crippen LogP contribution in [-0.4, -0.2) is 37.7 Å². The minimum absolute atomic E-state index is 0.0240. The number of nitrogens with zero attached hydrogens (tertiary/aromatic N) is 1. The molecule has 1 heterocycles. The molecule has 0 amide bonds. The van der Waals surface area contributed by atoms with Crippen molar-refractivity contribution in [3.05, 3.63) is 65.1 Å². The van der Waals surface area contributed by atoms with Gasteiger partial charge in [0.25, 0.3) is 0 Å². The summed E-state index contributed by atoms with van der Waals surface area (Å²) in [5, 5.41) is 0. The average molecular weight is 413 g/mol. The Morgan fingerprint density at radius 2 is 1.90 bits per heavy atom. The van der Waals surface area contributed by atoms with Crippen molar-refractivity contribution in [2.45, 2.75) is 13.8 Å². The maximum Gasteiger partial charge on any atom is 0.363 e. The largest absolute Gasteiger partial charge is 0.490 e. The molecular formula is C22H20FNO6. The first-order chi connectivity index (χ1) is 14.5. The van der Waals surface area contributed by atoms with Crippen LogP contribution in [0.2, 0.25) is 0 Å². The number of hydrogen-bond donors (Lipinski definition) is 0. The van der Waals surface area contributed by atoms with E-state index in [1.807, 2.05) is 0 Å². The number of esters is 2. The molecule has 0 unspecified atom stereocenters. The highest BCUT2D eigenvalue weighted by molar-refractivity contribution is 6.12. The maximum atomic E-state index is 13.9. The predicted octanol–water partition coefficient (Wildman–Crippen LogP) is 3.51. The van der Waals surface area contributed by atoms with Gasteiger partial charge in [0.05, 0.1) is 18.8 Å². The van der Waals surface area contributed by atoms with Crippen LogP contribution in [0.25, 0.3) is 6.08 Å². The van der Waals surface area contributed by atoms with Gasteiger partial charge < -0.3 is 18.9 Å². The Hall–Kier alpha value is -3.68. The Kier molecular flexibility index (Phi) is 6.79. The molecule has 8 heteroatoms. The first kappa shape index (κ1) is 21.0. The zero-order chi connectivity index (χ0) is 21.5. The van der Waals surface area contributed by atoms with Gasteiger partial charge in [0.2, 0.25) is 5.90 Å². The third-order valence-electron chi connectivity index (χ3n) is 3.95. The lowest BCUT2D eigenvalue weighted by Crippen LogP contribution is -2.15. The molecule has 0 N–H and O–H groups in total. The molecule has 0 atom stereocenters. The van der Waals surface area contributed by atoms with Crippen molar-refractivity contribution >= 4 is 23.9 Å². The van der Waals surface area contributed by atoms with E-state index in [4.69, 9.17) is 18.9 Å². The van der Waals surface area contributed by atoms with Crippen molar-refractivity contribution in [3.8, 4) is 11.5 Å². The van der Waals surface area contributed by atoms with Gasteiger partial charge in [-0.15, -0.1) is 0 Å². The molecule has 3 rings (SSSR count). The van der Waals surface area contributed by atoms with Gasteiger partial charge in [-0.05, 0) is 49.8 Å². The second kappa shape index (κ2) is 9.69. The summed E-state index contributed by atoms with van der Waals surface area (Å²) >= 11 is 0. The summed E-state index contributed by atoms with van der Waals surface area (Å²) in [5.41, 5.74) is 0.718. The van der Waals surface area contributed by atoms with E-state index in [0.29, 0.717) is 23.7 Å². The molecule has 156 valence electrons. The summed E-state index contributed by atoms with van der Waals surface area (Å²) in [6.45, 7) is 3.89. The number of aliphatic imine (C=N–C) groups is 1. The number of rotatable bonds is 8. The lowest BCUT2D eigenvalue weighted by molar-refractivity contribution is -0.145.